The monoisotopic (exact) mass is 466 g/mol. The van der Waals surface area contributed by atoms with Gasteiger partial charge in [-0.05, 0) is 73.8 Å². The van der Waals surface area contributed by atoms with Crippen molar-refractivity contribution in [3.05, 3.63) is 93.8 Å². The fraction of sp³-hybridized carbons (Fsp3) is 0.407. The maximum atomic E-state index is 13.6. The van der Waals surface area contributed by atoms with Gasteiger partial charge < -0.3 is 5.32 Å². The van der Waals surface area contributed by atoms with E-state index in [0.717, 1.165) is 67.1 Å². The van der Waals surface area contributed by atoms with Crippen LogP contribution in [-0.2, 0) is 18.5 Å². The molecule has 2 aromatic heterocycles. The van der Waals surface area contributed by atoms with Crippen molar-refractivity contribution in [2.75, 3.05) is 13.1 Å². The van der Waals surface area contributed by atoms with Crippen molar-refractivity contribution in [3.8, 4) is 0 Å². The van der Waals surface area contributed by atoms with Crippen LogP contribution < -0.4 is 5.32 Å². The molecule has 0 aliphatic carbocycles. The molecule has 0 amide bonds. The van der Waals surface area contributed by atoms with Gasteiger partial charge in [-0.25, -0.2) is 4.39 Å². The molecule has 0 unspecified atom stereocenters. The summed E-state index contributed by atoms with van der Waals surface area (Å²) in [7, 11) is 0. The van der Waals surface area contributed by atoms with Crippen molar-refractivity contribution in [3.63, 3.8) is 0 Å². The quantitative estimate of drug-likeness (QED) is 0.488. The van der Waals surface area contributed by atoms with Crippen LogP contribution in [0.5, 0.6) is 0 Å². The normalized spacial score (nSPS) is 15.2. The highest BCUT2D eigenvalue weighted by atomic mass is 35.5. The lowest BCUT2D eigenvalue weighted by Gasteiger charge is -2.36. The zero-order chi connectivity index (χ0) is 23.4. The topological polar surface area (TPSA) is 41.1 Å². The molecule has 0 saturated carbocycles. The Hall–Kier alpha value is -2.34. The average molecular weight is 467 g/mol. The van der Waals surface area contributed by atoms with E-state index in [1.165, 1.54) is 12.1 Å². The molecule has 1 aromatic carbocycles. The largest absolute Gasteiger partial charge is 0.317 e. The Bertz CT molecular complexity index is 1080. The molecule has 174 valence electrons. The van der Waals surface area contributed by atoms with Gasteiger partial charge in [0.05, 0.1) is 16.4 Å². The van der Waals surface area contributed by atoms with Crippen LogP contribution in [0, 0.1) is 12.7 Å². The van der Waals surface area contributed by atoms with E-state index in [-0.39, 0.29) is 11.2 Å². The van der Waals surface area contributed by atoms with Crippen LogP contribution in [0.3, 0.4) is 0 Å². The smallest absolute Gasteiger partial charge is 0.123 e. The molecule has 1 saturated heterocycles. The Balaban J connectivity index is 1.67. The molecule has 1 N–H and O–H groups in total. The van der Waals surface area contributed by atoms with Gasteiger partial charge in [0, 0.05) is 36.9 Å². The fourth-order valence-corrected chi connectivity index (χ4v) is 4.97. The zero-order valence-electron chi connectivity index (χ0n) is 19.6. The first-order chi connectivity index (χ1) is 15.8. The van der Waals surface area contributed by atoms with Crippen LogP contribution in [0.2, 0.25) is 5.02 Å². The minimum absolute atomic E-state index is 0.219. The summed E-state index contributed by atoms with van der Waals surface area (Å²) in [4.78, 5) is 12.0. The standard InChI is InChI=1S/C27H32ClFN4/c1-19-15-21(28)16-32-25(19)17-33(23-10-13-30-14-11-23)18-26-24(5-4-12-31-26)27(2,3)20-6-8-22(29)9-7-20/h4-9,12,15-16,23,30H,10-11,13-14,17-18H2,1-3H3. The first-order valence-electron chi connectivity index (χ1n) is 11.6. The lowest BCUT2D eigenvalue weighted by molar-refractivity contribution is 0.141. The van der Waals surface area contributed by atoms with Gasteiger partial charge in [-0.3, -0.25) is 14.9 Å². The Morgan fingerprint density at radius 2 is 1.76 bits per heavy atom. The van der Waals surface area contributed by atoms with E-state index in [1.54, 1.807) is 6.20 Å². The van der Waals surface area contributed by atoms with E-state index >= 15 is 0 Å². The predicted octanol–water partition coefficient (Wildman–Crippen LogP) is 5.66. The second-order valence-corrected chi connectivity index (χ2v) is 9.87. The van der Waals surface area contributed by atoms with Crippen LogP contribution in [0.4, 0.5) is 4.39 Å². The highest BCUT2D eigenvalue weighted by molar-refractivity contribution is 6.30. The lowest BCUT2D eigenvalue weighted by Crippen LogP contribution is -2.43. The number of nitrogens with zero attached hydrogens (tertiary/aromatic N) is 3. The van der Waals surface area contributed by atoms with E-state index in [0.29, 0.717) is 11.1 Å². The molecule has 1 aliphatic heterocycles. The van der Waals surface area contributed by atoms with Gasteiger partial charge in [-0.2, -0.15) is 0 Å². The van der Waals surface area contributed by atoms with Gasteiger partial charge in [-0.15, -0.1) is 0 Å². The van der Waals surface area contributed by atoms with Gasteiger partial charge in [-0.1, -0.05) is 43.6 Å². The number of rotatable bonds is 7. The molecule has 1 fully saturated rings. The molecule has 4 nitrogen and oxygen atoms in total. The number of pyridine rings is 2. The van der Waals surface area contributed by atoms with E-state index in [1.807, 2.05) is 30.5 Å². The SMILES string of the molecule is Cc1cc(Cl)cnc1CN(Cc1ncccc1C(C)(C)c1ccc(F)cc1)C1CCNCC1. The van der Waals surface area contributed by atoms with Crippen molar-refractivity contribution in [2.24, 2.45) is 0 Å². The van der Waals surface area contributed by atoms with Gasteiger partial charge in [0.25, 0.3) is 0 Å². The summed E-state index contributed by atoms with van der Waals surface area (Å²) in [6.07, 6.45) is 5.78. The number of hydrogen-bond acceptors (Lipinski definition) is 4. The number of benzene rings is 1. The Kier molecular flexibility index (Phi) is 7.42. The fourth-order valence-electron chi connectivity index (χ4n) is 4.76. The third-order valence-corrected chi connectivity index (χ3v) is 7.02. The van der Waals surface area contributed by atoms with Gasteiger partial charge in [0.15, 0.2) is 0 Å². The van der Waals surface area contributed by atoms with Crippen molar-refractivity contribution >= 4 is 11.6 Å². The number of hydrogen-bond donors (Lipinski definition) is 1. The molecule has 3 heterocycles. The minimum atomic E-state index is -0.300. The Morgan fingerprint density at radius 1 is 1.06 bits per heavy atom. The van der Waals surface area contributed by atoms with Gasteiger partial charge >= 0.3 is 0 Å². The summed E-state index contributed by atoms with van der Waals surface area (Å²) in [5.74, 6) is -0.219. The third-order valence-electron chi connectivity index (χ3n) is 6.81. The first-order valence-corrected chi connectivity index (χ1v) is 12.0. The molecule has 4 rings (SSSR count). The number of piperidine rings is 1. The van der Waals surface area contributed by atoms with E-state index in [4.69, 9.17) is 16.6 Å². The summed E-state index contributed by atoms with van der Waals surface area (Å²) in [6.45, 7) is 9.95. The maximum Gasteiger partial charge on any atom is 0.123 e. The van der Waals surface area contributed by atoms with Crippen molar-refractivity contribution < 1.29 is 4.39 Å². The molecule has 0 atom stereocenters. The number of halogens is 2. The molecule has 0 bridgehead atoms. The minimum Gasteiger partial charge on any atom is -0.317 e. The Labute approximate surface area is 201 Å². The zero-order valence-corrected chi connectivity index (χ0v) is 20.4. The highest BCUT2D eigenvalue weighted by Crippen LogP contribution is 2.34. The van der Waals surface area contributed by atoms with Gasteiger partial charge in [0.2, 0.25) is 0 Å². The van der Waals surface area contributed by atoms with Crippen LogP contribution in [0.15, 0.2) is 54.9 Å². The molecular formula is C27H32ClFN4. The maximum absolute atomic E-state index is 13.6. The molecule has 0 radical (unpaired) electrons. The molecule has 0 spiro atoms. The molecular weight excluding hydrogens is 435 g/mol. The van der Waals surface area contributed by atoms with E-state index < -0.39 is 0 Å². The third kappa shape index (κ3) is 5.60. The second-order valence-electron chi connectivity index (χ2n) is 9.43. The second kappa shape index (κ2) is 10.3. The summed E-state index contributed by atoms with van der Waals surface area (Å²) in [5, 5.41) is 4.14. The Morgan fingerprint density at radius 3 is 2.45 bits per heavy atom. The number of nitrogens with one attached hydrogen (secondary N) is 1. The molecule has 6 heteroatoms. The number of aromatic nitrogens is 2. The first kappa shape index (κ1) is 23.8. The number of aryl methyl sites for hydroxylation is 1. The van der Waals surface area contributed by atoms with E-state index in [2.05, 4.69) is 42.0 Å². The average Bonchev–Trinajstić information content (AvgIpc) is 2.81. The summed E-state index contributed by atoms with van der Waals surface area (Å²) in [6, 6.07) is 13.4. The van der Waals surface area contributed by atoms with Crippen LogP contribution in [0.25, 0.3) is 0 Å². The van der Waals surface area contributed by atoms with Crippen LogP contribution in [0.1, 0.15) is 54.8 Å². The van der Waals surface area contributed by atoms with Crippen LogP contribution >= 0.6 is 11.6 Å². The highest BCUT2D eigenvalue weighted by Gasteiger charge is 2.29. The summed E-state index contributed by atoms with van der Waals surface area (Å²) < 4.78 is 13.6. The van der Waals surface area contributed by atoms with Crippen LogP contribution in [-0.4, -0.2) is 34.0 Å². The predicted molar refractivity (Wildman–Crippen MR) is 132 cm³/mol. The summed E-state index contributed by atoms with van der Waals surface area (Å²) in [5.41, 5.74) is 5.14. The molecule has 1 aliphatic rings. The molecule has 33 heavy (non-hydrogen) atoms. The summed E-state index contributed by atoms with van der Waals surface area (Å²) >= 11 is 6.15. The van der Waals surface area contributed by atoms with E-state index in [9.17, 15) is 4.39 Å². The van der Waals surface area contributed by atoms with Crippen molar-refractivity contribution in [2.45, 2.75) is 58.2 Å². The van der Waals surface area contributed by atoms with Gasteiger partial charge in [0.1, 0.15) is 5.82 Å². The van der Waals surface area contributed by atoms with Crippen molar-refractivity contribution in [1.82, 2.24) is 20.2 Å². The molecule has 3 aromatic rings. The van der Waals surface area contributed by atoms with Crippen molar-refractivity contribution in [1.29, 1.82) is 0 Å². The lowest BCUT2D eigenvalue weighted by atomic mass is 9.77.